The van der Waals surface area contributed by atoms with Crippen molar-refractivity contribution in [2.24, 2.45) is 4.99 Å². The van der Waals surface area contributed by atoms with E-state index in [1.807, 2.05) is 35.7 Å². The van der Waals surface area contributed by atoms with Crippen LogP contribution in [0.2, 0.25) is 0 Å². The standard InChI is InChI=1S/C22H26F2N6/c1-2-25-21(26-14-19-29-28-18-10-3-6-13-30(18)19)27-15-22(11-4-5-12-22)20-16(23)8-7-9-17(20)24/h3,6-10,13H,2,4-5,11-12,14-15H2,1H3,(H2,25,26,27). The fourth-order valence-electron chi connectivity index (χ4n) is 4.31. The lowest BCUT2D eigenvalue weighted by Gasteiger charge is -2.31. The van der Waals surface area contributed by atoms with Crippen molar-refractivity contribution in [2.45, 2.75) is 44.6 Å². The maximum Gasteiger partial charge on any atom is 0.191 e. The lowest BCUT2D eigenvalue weighted by Crippen LogP contribution is -2.45. The Morgan fingerprint density at radius 2 is 1.83 bits per heavy atom. The summed E-state index contributed by atoms with van der Waals surface area (Å²) in [4.78, 5) is 4.62. The number of rotatable bonds is 6. The van der Waals surface area contributed by atoms with Gasteiger partial charge in [0.25, 0.3) is 0 Å². The van der Waals surface area contributed by atoms with Gasteiger partial charge in [-0.1, -0.05) is 25.0 Å². The Kier molecular flexibility index (Phi) is 5.92. The predicted molar refractivity (Wildman–Crippen MR) is 112 cm³/mol. The molecule has 3 aromatic rings. The fraction of sp³-hybridized carbons (Fsp3) is 0.409. The van der Waals surface area contributed by atoms with Crippen LogP contribution in [0.5, 0.6) is 0 Å². The minimum Gasteiger partial charge on any atom is -0.357 e. The average molecular weight is 412 g/mol. The number of nitrogens with one attached hydrogen (secondary N) is 2. The number of fused-ring (bicyclic) bond motifs is 1. The maximum absolute atomic E-state index is 14.6. The van der Waals surface area contributed by atoms with Crippen molar-refractivity contribution in [1.82, 2.24) is 25.2 Å². The third-order valence-corrected chi connectivity index (χ3v) is 5.76. The van der Waals surface area contributed by atoms with Gasteiger partial charge in [0.15, 0.2) is 17.4 Å². The van der Waals surface area contributed by atoms with Gasteiger partial charge in [-0.05, 0) is 44.0 Å². The van der Waals surface area contributed by atoms with Gasteiger partial charge >= 0.3 is 0 Å². The van der Waals surface area contributed by atoms with Gasteiger partial charge in [0.05, 0.1) is 0 Å². The van der Waals surface area contributed by atoms with Crippen LogP contribution >= 0.6 is 0 Å². The Balaban J connectivity index is 1.54. The molecule has 1 aromatic carbocycles. The van der Waals surface area contributed by atoms with Crippen molar-refractivity contribution in [2.75, 3.05) is 13.1 Å². The largest absolute Gasteiger partial charge is 0.357 e. The minimum absolute atomic E-state index is 0.189. The number of aliphatic imine (C=N–C) groups is 1. The molecule has 0 aliphatic heterocycles. The average Bonchev–Trinajstić information content (AvgIpc) is 3.38. The lowest BCUT2D eigenvalue weighted by molar-refractivity contribution is 0.386. The minimum atomic E-state index is -0.576. The maximum atomic E-state index is 14.6. The second-order valence-electron chi connectivity index (χ2n) is 7.68. The summed E-state index contributed by atoms with van der Waals surface area (Å²) in [5.74, 6) is 0.359. The van der Waals surface area contributed by atoms with E-state index in [-0.39, 0.29) is 5.56 Å². The van der Waals surface area contributed by atoms with Gasteiger partial charge in [-0.3, -0.25) is 4.40 Å². The van der Waals surface area contributed by atoms with Crippen LogP contribution in [0.15, 0.2) is 47.6 Å². The number of halogens is 2. The van der Waals surface area contributed by atoms with E-state index >= 15 is 0 Å². The van der Waals surface area contributed by atoms with E-state index in [1.54, 1.807) is 0 Å². The SMILES string of the molecule is CCNC(=NCc1nnc2ccccn12)NCC1(c2c(F)cccc2F)CCCC1. The summed E-state index contributed by atoms with van der Waals surface area (Å²) in [6, 6.07) is 9.81. The predicted octanol–water partition coefficient (Wildman–Crippen LogP) is 3.57. The van der Waals surface area contributed by atoms with Gasteiger partial charge < -0.3 is 10.6 Å². The molecule has 0 bridgehead atoms. The van der Waals surface area contributed by atoms with Gasteiger partial charge in [0.2, 0.25) is 0 Å². The lowest BCUT2D eigenvalue weighted by atomic mass is 9.78. The number of guanidine groups is 1. The van der Waals surface area contributed by atoms with Gasteiger partial charge in [0.1, 0.15) is 18.2 Å². The molecule has 2 N–H and O–H groups in total. The summed E-state index contributed by atoms with van der Waals surface area (Å²) < 4.78 is 31.0. The van der Waals surface area contributed by atoms with Gasteiger partial charge in [0, 0.05) is 30.3 Å². The van der Waals surface area contributed by atoms with Gasteiger partial charge in [-0.2, -0.15) is 0 Å². The normalized spacial score (nSPS) is 16.2. The molecular weight excluding hydrogens is 386 g/mol. The van der Waals surface area contributed by atoms with E-state index < -0.39 is 17.0 Å². The molecule has 1 aliphatic rings. The molecule has 1 fully saturated rings. The van der Waals surface area contributed by atoms with Crippen molar-refractivity contribution < 1.29 is 8.78 Å². The zero-order valence-corrected chi connectivity index (χ0v) is 17.0. The van der Waals surface area contributed by atoms with Crippen molar-refractivity contribution >= 4 is 11.6 Å². The monoisotopic (exact) mass is 412 g/mol. The molecule has 30 heavy (non-hydrogen) atoms. The first-order valence-electron chi connectivity index (χ1n) is 10.4. The summed E-state index contributed by atoms with van der Waals surface area (Å²) in [5.41, 5.74) is 0.377. The van der Waals surface area contributed by atoms with Gasteiger partial charge in [-0.25, -0.2) is 13.8 Å². The number of hydrogen-bond acceptors (Lipinski definition) is 3. The van der Waals surface area contributed by atoms with E-state index in [0.29, 0.717) is 25.6 Å². The van der Waals surface area contributed by atoms with Crippen LogP contribution < -0.4 is 10.6 Å². The third kappa shape index (κ3) is 3.99. The van der Waals surface area contributed by atoms with Crippen molar-refractivity contribution in [3.8, 4) is 0 Å². The Labute approximate surface area is 174 Å². The Morgan fingerprint density at radius 3 is 2.57 bits per heavy atom. The molecule has 6 nitrogen and oxygen atoms in total. The van der Waals surface area contributed by atoms with E-state index in [2.05, 4.69) is 25.8 Å². The molecule has 2 aromatic heterocycles. The van der Waals surface area contributed by atoms with E-state index in [1.165, 1.54) is 18.2 Å². The first-order chi connectivity index (χ1) is 14.6. The van der Waals surface area contributed by atoms with Crippen LogP contribution in [0.4, 0.5) is 8.78 Å². The molecule has 0 spiro atoms. The Morgan fingerprint density at radius 1 is 1.07 bits per heavy atom. The molecule has 0 unspecified atom stereocenters. The van der Waals surface area contributed by atoms with Crippen LogP contribution in [0.25, 0.3) is 5.65 Å². The zero-order chi connectivity index (χ0) is 21.0. The van der Waals surface area contributed by atoms with Crippen LogP contribution in [-0.2, 0) is 12.0 Å². The first kappa shape index (κ1) is 20.3. The molecule has 158 valence electrons. The number of benzene rings is 1. The summed E-state index contributed by atoms with van der Waals surface area (Å²) in [6.45, 7) is 3.40. The molecule has 0 atom stereocenters. The summed E-state index contributed by atoms with van der Waals surface area (Å²) in [5, 5.41) is 14.9. The zero-order valence-electron chi connectivity index (χ0n) is 17.0. The van der Waals surface area contributed by atoms with E-state index in [4.69, 9.17) is 0 Å². The molecule has 1 saturated carbocycles. The number of hydrogen-bond donors (Lipinski definition) is 2. The molecule has 8 heteroatoms. The highest BCUT2D eigenvalue weighted by Gasteiger charge is 2.40. The smallest absolute Gasteiger partial charge is 0.191 e. The Hall–Kier alpha value is -3.03. The number of aromatic nitrogens is 3. The van der Waals surface area contributed by atoms with E-state index in [0.717, 1.165) is 37.2 Å². The molecule has 0 saturated heterocycles. The second-order valence-corrected chi connectivity index (χ2v) is 7.68. The summed E-state index contributed by atoms with van der Waals surface area (Å²) >= 11 is 0. The number of pyridine rings is 1. The Bertz CT molecular complexity index is 1020. The topological polar surface area (TPSA) is 66.6 Å². The van der Waals surface area contributed by atoms with Crippen LogP contribution in [0.3, 0.4) is 0 Å². The van der Waals surface area contributed by atoms with Crippen molar-refractivity contribution in [3.63, 3.8) is 0 Å². The first-order valence-corrected chi connectivity index (χ1v) is 10.4. The van der Waals surface area contributed by atoms with Crippen LogP contribution in [-0.4, -0.2) is 33.6 Å². The van der Waals surface area contributed by atoms with Crippen molar-refractivity contribution in [3.05, 3.63) is 65.6 Å². The molecule has 0 radical (unpaired) electrons. The molecule has 1 aliphatic carbocycles. The molecule has 2 heterocycles. The highest BCUT2D eigenvalue weighted by Crippen LogP contribution is 2.42. The summed E-state index contributed by atoms with van der Waals surface area (Å²) in [7, 11) is 0. The molecular formula is C22H26F2N6. The highest BCUT2D eigenvalue weighted by atomic mass is 19.1. The molecule has 4 rings (SSSR count). The number of nitrogens with zero attached hydrogens (tertiary/aromatic N) is 4. The van der Waals surface area contributed by atoms with Crippen LogP contribution in [0, 0.1) is 11.6 Å². The summed E-state index contributed by atoms with van der Waals surface area (Å²) in [6.07, 6.45) is 5.29. The third-order valence-electron chi connectivity index (χ3n) is 5.76. The molecule has 0 amide bonds. The van der Waals surface area contributed by atoms with Gasteiger partial charge in [-0.15, -0.1) is 10.2 Å². The highest BCUT2D eigenvalue weighted by molar-refractivity contribution is 5.79. The quantitative estimate of drug-likeness (QED) is 0.480. The van der Waals surface area contributed by atoms with Crippen molar-refractivity contribution in [1.29, 1.82) is 0 Å². The van der Waals surface area contributed by atoms with Crippen LogP contribution in [0.1, 0.15) is 44.0 Å². The second kappa shape index (κ2) is 8.77. The fourth-order valence-corrected chi connectivity index (χ4v) is 4.31. The van der Waals surface area contributed by atoms with E-state index in [9.17, 15) is 8.78 Å².